The van der Waals surface area contributed by atoms with Crippen LogP contribution in [-0.4, -0.2) is 51.2 Å². The number of nitrogens with zero attached hydrogens (tertiary/aromatic N) is 1. The second kappa shape index (κ2) is 7.39. The van der Waals surface area contributed by atoms with Gasteiger partial charge in [0.1, 0.15) is 5.92 Å². The lowest BCUT2D eigenvalue weighted by molar-refractivity contribution is -0.158. The maximum Gasteiger partial charge on any atom is 0.319 e. The zero-order valence-corrected chi connectivity index (χ0v) is 16.3. The zero-order valence-electron chi connectivity index (χ0n) is 15.3. The first-order valence-corrected chi connectivity index (χ1v) is 11.9. The van der Waals surface area contributed by atoms with Crippen LogP contribution < -0.4 is 0 Å². The van der Waals surface area contributed by atoms with E-state index in [-0.39, 0.29) is 5.91 Å². The number of methoxy groups -OCH3 is 2. The van der Waals surface area contributed by atoms with Gasteiger partial charge in [-0.1, -0.05) is 50.0 Å². The molecule has 1 aliphatic rings. The van der Waals surface area contributed by atoms with Gasteiger partial charge in [-0.15, -0.1) is 0 Å². The number of ether oxygens (including phenoxy) is 2. The molecule has 1 aromatic carbocycles. The molecule has 0 saturated carbocycles. The average Bonchev–Trinajstić information content (AvgIpc) is 2.85. The molecule has 25 heavy (non-hydrogen) atoms. The van der Waals surface area contributed by atoms with Crippen LogP contribution in [0.5, 0.6) is 0 Å². The zero-order chi connectivity index (χ0) is 18.8. The summed E-state index contributed by atoms with van der Waals surface area (Å²) < 4.78 is 9.73. The molecule has 0 aromatic heterocycles. The quantitative estimate of drug-likeness (QED) is 0.455. The summed E-state index contributed by atoms with van der Waals surface area (Å²) in [7, 11) is 0.806. The van der Waals surface area contributed by atoms with E-state index in [0.717, 1.165) is 5.56 Å². The van der Waals surface area contributed by atoms with Crippen molar-refractivity contribution >= 4 is 25.9 Å². The van der Waals surface area contributed by atoms with Gasteiger partial charge in [0.15, 0.2) is 5.92 Å². The Morgan fingerprint density at radius 2 is 1.60 bits per heavy atom. The fourth-order valence-electron chi connectivity index (χ4n) is 3.35. The average molecular weight is 363 g/mol. The topological polar surface area (TPSA) is 72.9 Å². The van der Waals surface area contributed by atoms with Crippen LogP contribution in [0.3, 0.4) is 0 Å². The van der Waals surface area contributed by atoms with Crippen molar-refractivity contribution < 1.29 is 23.9 Å². The van der Waals surface area contributed by atoms with Gasteiger partial charge in [-0.25, -0.2) is 0 Å². The number of likely N-dealkylation sites (tertiary alicyclic amines) is 1. The van der Waals surface area contributed by atoms with E-state index < -0.39 is 37.9 Å². The lowest BCUT2D eigenvalue weighted by Gasteiger charge is -2.32. The predicted molar refractivity (Wildman–Crippen MR) is 95.3 cm³/mol. The second-order valence-electron chi connectivity index (χ2n) is 7.43. The molecule has 3 atom stereocenters. The Morgan fingerprint density at radius 3 is 2.08 bits per heavy atom. The molecule has 0 bridgehead atoms. The Morgan fingerprint density at radius 1 is 1.04 bits per heavy atom. The van der Waals surface area contributed by atoms with Gasteiger partial charge in [-0.2, -0.15) is 0 Å². The minimum Gasteiger partial charge on any atom is -0.469 e. The van der Waals surface area contributed by atoms with Crippen molar-refractivity contribution in [2.75, 3.05) is 20.4 Å². The van der Waals surface area contributed by atoms with Gasteiger partial charge >= 0.3 is 11.9 Å². The molecule has 1 saturated heterocycles. The number of amides is 1. The number of hydrogen-bond donors (Lipinski definition) is 0. The summed E-state index contributed by atoms with van der Waals surface area (Å²) in [6.07, 6.45) is 0.548. The van der Waals surface area contributed by atoms with E-state index in [2.05, 4.69) is 19.6 Å². The van der Waals surface area contributed by atoms with Crippen molar-refractivity contribution in [3.63, 3.8) is 0 Å². The molecule has 0 radical (unpaired) electrons. The number of carbonyl (C=O) groups is 3. The van der Waals surface area contributed by atoms with Crippen molar-refractivity contribution in [2.45, 2.75) is 25.7 Å². The minimum atomic E-state index is -1.69. The molecule has 1 amide bonds. The van der Waals surface area contributed by atoms with Crippen LogP contribution in [0.25, 0.3) is 0 Å². The summed E-state index contributed by atoms with van der Waals surface area (Å²) >= 11 is 0. The Hall–Kier alpha value is -2.15. The monoisotopic (exact) mass is 363 g/mol. The highest BCUT2D eigenvalue weighted by atomic mass is 28.3. The van der Waals surface area contributed by atoms with Gasteiger partial charge in [0.05, 0.1) is 28.3 Å². The van der Waals surface area contributed by atoms with Crippen LogP contribution in [0, 0.1) is 11.8 Å². The fourth-order valence-corrected chi connectivity index (χ4v) is 4.72. The third-order valence-electron chi connectivity index (χ3n) is 4.30. The highest BCUT2D eigenvalue weighted by Crippen LogP contribution is 2.43. The van der Waals surface area contributed by atoms with E-state index in [0.29, 0.717) is 6.17 Å². The van der Waals surface area contributed by atoms with Crippen LogP contribution in [0.1, 0.15) is 11.6 Å². The smallest absolute Gasteiger partial charge is 0.319 e. The normalized spacial score (nSPS) is 23.5. The van der Waals surface area contributed by atoms with Gasteiger partial charge in [-0.05, 0) is 5.56 Å². The van der Waals surface area contributed by atoms with E-state index >= 15 is 0 Å². The third kappa shape index (κ3) is 3.92. The number of rotatable bonds is 5. The summed E-state index contributed by atoms with van der Waals surface area (Å²) in [5, 5.41) is 0. The fraction of sp³-hybridized carbons (Fsp3) is 0.500. The molecule has 2 rings (SSSR count). The van der Waals surface area contributed by atoms with Crippen LogP contribution >= 0.6 is 0 Å². The van der Waals surface area contributed by atoms with E-state index in [1.807, 2.05) is 30.3 Å². The first kappa shape index (κ1) is 19.2. The van der Waals surface area contributed by atoms with Crippen molar-refractivity contribution in [1.82, 2.24) is 4.90 Å². The molecular weight excluding hydrogens is 338 g/mol. The summed E-state index contributed by atoms with van der Waals surface area (Å²) in [6.45, 7) is 6.42. The molecule has 1 fully saturated rings. The van der Waals surface area contributed by atoms with Gasteiger partial charge in [0.25, 0.3) is 0 Å². The summed E-state index contributed by atoms with van der Waals surface area (Å²) in [5.74, 6) is -3.71. The Kier molecular flexibility index (Phi) is 5.67. The maximum atomic E-state index is 13.0. The third-order valence-corrected chi connectivity index (χ3v) is 5.59. The van der Waals surface area contributed by atoms with E-state index in [1.165, 1.54) is 14.2 Å². The molecule has 0 aliphatic carbocycles. The molecule has 7 heteroatoms. The van der Waals surface area contributed by atoms with Crippen LogP contribution in [-0.2, 0) is 23.9 Å². The van der Waals surface area contributed by atoms with Gasteiger partial charge < -0.3 is 14.4 Å². The number of carbonyl (C=O) groups excluding carboxylic acids is 3. The summed E-state index contributed by atoms with van der Waals surface area (Å²) in [6, 6.07) is 8.78. The highest BCUT2D eigenvalue weighted by molar-refractivity contribution is 6.76. The predicted octanol–water partition coefficient (Wildman–Crippen LogP) is 2.03. The largest absolute Gasteiger partial charge is 0.469 e. The molecule has 0 spiro atoms. The molecule has 0 N–H and O–H groups in total. The van der Waals surface area contributed by atoms with Crippen LogP contribution in [0.2, 0.25) is 19.6 Å². The highest BCUT2D eigenvalue weighted by Gasteiger charge is 2.57. The van der Waals surface area contributed by atoms with Crippen molar-refractivity contribution in [3.8, 4) is 0 Å². The Labute approximate surface area is 149 Å². The van der Waals surface area contributed by atoms with Crippen molar-refractivity contribution in [3.05, 3.63) is 35.9 Å². The van der Waals surface area contributed by atoms with Gasteiger partial charge in [-0.3, -0.25) is 14.4 Å². The molecule has 136 valence electrons. The van der Waals surface area contributed by atoms with E-state index in [4.69, 9.17) is 9.47 Å². The molecule has 1 heterocycles. The first-order chi connectivity index (χ1) is 11.7. The van der Waals surface area contributed by atoms with Crippen molar-refractivity contribution in [2.24, 2.45) is 11.8 Å². The van der Waals surface area contributed by atoms with Crippen molar-refractivity contribution in [1.29, 1.82) is 0 Å². The summed E-state index contributed by atoms with van der Waals surface area (Å²) in [4.78, 5) is 39.5. The minimum absolute atomic E-state index is 0.362. The SMILES string of the molecule is COC(=O)[C@H]1C(=O)N(C[Si](C)(C)C)[C@H](c2ccccc2)[C@@H]1C(=O)OC. The number of esters is 2. The summed E-state index contributed by atoms with van der Waals surface area (Å²) in [5.41, 5.74) is 0.816. The Balaban J connectivity index is 2.58. The molecule has 0 unspecified atom stereocenters. The standard InChI is InChI=1S/C18H25NO5Si/c1-23-17(21)13-14(18(22)24-2)16(20)19(11-25(3,4)5)15(13)12-9-7-6-8-10-12/h6-10,13-15H,11H2,1-5H3/t13-,14-,15-/m1/s1. The van der Waals surface area contributed by atoms with Crippen LogP contribution in [0.15, 0.2) is 30.3 Å². The number of hydrogen-bond acceptors (Lipinski definition) is 5. The van der Waals surface area contributed by atoms with Gasteiger partial charge in [0, 0.05) is 6.17 Å². The second-order valence-corrected chi connectivity index (χ2v) is 12.9. The molecule has 6 nitrogen and oxygen atoms in total. The first-order valence-electron chi connectivity index (χ1n) is 8.22. The molecular formula is C18H25NO5Si. The molecule has 1 aliphatic heterocycles. The molecule has 1 aromatic rings. The van der Waals surface area contributed by atoms with E-state index in [1.54, 1.807) is 4.90 Å². The maximum absolute atomic E-state index is 13.0. The lowest BCUT2D eigenvalue weighted by atomic mass is 9.86. The van der Waals surface area contributed by atoms with Gasteiger partial charge in [0.2, 0.25) is 5.91 Å². The number of benzene rings is 1. The Bertz CT molecular complexity index is 655. The lowest BCUT2D eigenvalue weighted by Crippen LogP contribution is -2.43. The van der Waals surface area contributed by atoms with E-state index in [9.17, 15) is 14.4 Å². The van der Waals surface area contributed by atoms with Crippen LogP contribution in [0.4, 0.5) is 0 Å².